The van der Waals surface area contributed by atoms with Gasteiger partial charge < -0.3 is 15.0 Å². The molecule has 7 heteroatoms. The number of methoxy groups -OCH3 is 1. The minimum absolute atomic E-state index is 0.0550. The maximum absolute atomic E-state index is 12.6. The van der Waals surface area contributed by atoms with E-state index in [1.807, 2.05) is 6.92 Å². The number of ether oxygens (including phenoxy) is 1. The Kier molecular flexibility index (Phi) is 4.82. The molecular weight excluding hydrogens is 280 g/mol. The summed E-state index contributed by atoms with van der Waals surface area (Å²) in [4.78, 5) is 14.2. The number of amides is 1. The van der Waals surface area contributed by atoms with E-state index in [0.717, 1.165) is 24.2 Å². The Hall–Kier alpha value is -0.920. The number of carbonyl (C=O) groups excluding carboxylic acids is 1. The zero-order chi connectivity index (χ0) is 14.8. The van der Waals surface area contributed by atoms with Crippen LogP contribution in [-0.4, -0.2) is 70.1 Å². The predicted molar refractivity (Wildman–Crippen MR) is 76.2 cm³/mol. The molecule has 1 atom stereocenters. The lowest BCUT2D eigenvalue weighted by Gasteiger charge is -2.30. The molecule has 0 aliphatic carbocycles. The normalized spacial score (nSPS) is 24.3. The van der Waals surface area contributed by atoms with Gasteiger partial charge >= 0.3 is 0 Å². The molecule has 2 heterocycles. The van der Waals surface area contributed by atoms with Crippen LogP contribution < -0.4 is 5.32 Å². The van der Waals surface area contributed by atoms with Gasteiger partial charge in [-0.05, 0) is 18.9 Å². The van der Waals surface area contributed by atoms with Crippen molar-refractivity contribution in [3.8, 4) is 0 Å². The number of carbonyl (C=O) groups is 1. The maximum Gasteiger partial charge on any atom is 0.249 e. The summed E-state index contributed by atoms with van der Waals surface area (Å²) in [6, 6.07) is -0.216. The summed E-state index contributed by atoms with van der Waals surface area (Å²) >= 11 is 0. The van der Waals surface area contributed by atoms with Gasteiger partial charge in [0.15, 0.2) is 9.84 Å². The Morgan fingerprint density at radius 1 is 1.45 bits per heavy atom. The van der Waals surface area contributed by atoms with Gasteiger partial charge in [0.05, 0.1) is 18.1 Å². The number of hydrogen-bond acceptors (Lipinski definition) is 5. The average Bonchev–Trinajstić information content (AvgIpc) is 2.67. The standard InChI is InChI=1S/C13H22N2O4S/c1-10(11-7-14-8-11)13(16)15(4-5-19-2)12-3-6-20(17,18)9-12/h12,14H,3-9H2,1-2H3. The van der Waals surface area contributed by atoms with Crippen molar-refractivity contribution >= 4 is 15.7 Å². The van der Waals surface area contributed by atoms with Crippen molar-refractivity contribution in [2.24, 2.45) is 0 Å². The second-order valence-corrected chi connectivity index (χ2v) is 7.61. The number of nitrogens with zero attached hydrogens (tertiary/aromatic N) is 1. The molecule has 0 spiro atoms. The van der Waals surface area contributed by atoms with Gasteiger partial charge in [-0.2, -0.15) is 0 Å². The SMILES string of the molecule is COCCN(C(=O)C(C)=C1CNC1)C1CCS(=O)(=O)C1. The van der Waals surface area contributed by atoms with Gasteiger partial charge in [-0.3, -0.25) is 4.79 Å². The van der Waals surface area contributed by atoms with Crippen LogP contribution in [0.2, 0.25) is 0 Å². The third-order valence-corrected chi connectivity index (χ3v) is 5.72. The molecule has 0 aromatic carbocycles. The van der Waals surface area contributed by atoms with E-state index in [2.05, 4.69) is 5.32 Å². The molecule has 114 valence electrons. The van der Waals surface area contributed by atoms with E-state index in [0.29, 0.717) is 19.6 Å². The highest BCUT2D eigenvalue weighted by atomic mass is 32.2. The van der Waals surface area contributed by atoms with Crippen molar-refractivity contribution in [2.45, 2.75) is 19.4 Å². The molecule has 2 aliphatic rings. The van der Waals surface area contributed by atoms with Crippen molar-refractivity contribution in [1.82, 2.24) is 10.2 Å². The van der Waals surface area contributed by atoms with Crippen molar-refractivity contribution in [2.75, 3.05) is 44.9 Å². The van der Waals surface area contributed by atoms with Crippen LogP contribution in [0.1, 0.15) is 13.3 Å². The Bertz CT molecular complexity index is 506. The fourth-order valence-electron chi connectivity index (χ4n) is 2.54. The van der Waals surface area contributed by atoms with Crippen LogP contribution in [0.25, 0.3) is 0 Å². The second kappa shape index (κ2) is 6.24. The van der Waals surface area contributed by atoms with Crippen molar-refractivity contribution < 1.29 is 17.9 Å². The highest BCUT2D eigenvalue weighted by Crippen LogP contribution is 2.21. The van der Waals surface area contributed by atoms with E-state index in [9.17, 15) is 13.2 Å². The monoisotopic (exact) mass is 302 g/mol. The van der Waals surface area contributed by atoms with Gasteiger partial charge in [0.25, 0.3) is 0 Å². The number of hydrogen-bond donors (Lipinski definition) is 1. The minimum Gasteiger partial charge on any atom is -0.383 e. The first-order chi connectivity index (χ1) is 9.44. The molecular formula is C13H22N2O4S. The summed E-state index contributed by atoms with van der Waals surface area (Å²) in [6.45, 7) is 4.18. The maximum atomic E-state index is 12.6. The van der Waals surface area contributed by atoms with Gasteiger partial charge in [0.1, 0.15) is 0 Å². The highest BCUT2D eigenvalue weighted by molar-refractivity contribution is 7.91. The van der Waals surface area contributed by atoms with Gasteiger partial charge in [0.2, 0.25) is 5.91 Å². The molecule has 0 aromatic rings. The van der Waals surface area contributed by atoms with Gasteiger partial charge in [-0.15, -0.1) is 0 Å². The summed E-state index contributed by atoms with van der Waals surface area (Å²) < 4.78 is 28.3. The number of rotatable bonds is 5. The van der Waals surface area contributed by atoms with E-state index in [1.165, 1.54) is 0 Å². The van der Waals surface area contributed by atoms with Crippen LogP contribution in [0.5, 0.6) is 0 Å². The largest absolute Gasteiger partial charge is 0.383 e. The van der Waals surface area contributed by atoms with Crippen LogP contribution >= 0.6 is 0 Å². The molecule has 0 radical (unpaired) electrons. The molecule has 0 saturated carbocycles. The first-order valence-corrected chi connectivity index (χ1v) is 8.66. The molecule has 2 aliphatic heterocycles. The lowest BCUT2D eigenvalue weighted by molar-refractivity contribution is -0.129. The summed E-state index contributed by atoms with van der Waals surface area (Å²) in [7, 11) is -1.42. The van der Waals surface area contributed by atoms with Crippen LogP contribution in [0.4, 0.5) is 0 Å². The van der Waals surface area contributed by atoms with Crippen molar-refractivity contribution in [1.29, 1.82) is 0 Å². The molecule has 6 nitrogen and oxygen atoms in total. The van der Waals surface area contributed by atoms with Gasteiger partial charge in [-0.25, -0.2) is 8.42 Å². The zero-order valence-electron chi connectivity index (χ0n) is 12.0. The van der Waals surface area contributed by atoms with Gasteiger partial charge in [-0.1, -0.05) is 0 Å². The van der Waals surface area contributed by atoms with Crippen LogP contribution in [0.15, 0.2) is 11.1 Å². The minimum atomic E-state index is -3.00. The van der Waals surface area contributed by atoms with E-state index in [-0.39, 0.29) is 23.5 Å². The Balaban J connectivity index is 2.13. The lowest BCUT2D eigenvalue weighted by Crippen LogP contribution is -2.45. The fraction of sp³-hybridized carbons (Fsp3) is 0.769. The third kappa shape index (κ3) is 3.39. The summed E-state index contributed by atoms with van der Waals surface area (Å²) in [5, 5.41) is 3.11. The summed E-state index contributed by atoms with van der Waals surface area (Å²) in [5.74, 6) is 0.190. The zero-order valence-corrected chi connectivity index (χ0v) is 12.8. The molecule has 0 aromatic heterocycles. The molecule has 1 amide bonds. The molecule has 0 bridgehead atoms. The van der Waals surface area contributed by atoms with Crippen molar-refractivity contribution in [3.05, 3.63) is 11.1 Å². The van der Waals surface area contributed by atoms with Gasteiger partial charge in [0, 0.05) is 38.4 Å². The van der Waals surface area contributed by atoms with E-state index >= 15 is 0 Å². The first kappa shape index (κ1) is 15.5. The molecule has 1 N–H and O–H groups in total. The Morgan fingerprint density at radius 3 is 2.60 bits per heavy atom. The van der Waals surface area contributed by atoms with Crippen LogP contribution in [0, 0.1) is 0 Å². The first-order valence-electron chi connectivity index (χ1n) is 6.84. The lowest BCUT2D eigenvalue weighted by atomic mass is 10.0. The summed E-state index contributed by atoms with van der Waals surface area (Å²) in [6.07, 6.45) is 0.526. The average molecular weight is 302 g/mol. The van der Waals surface area contributed by atoms with Crippen molar-refractivity contribution in [3.63, 3.8) is 0 Å². The van der Waals surface area contributed by atoms with Crippen LogP contribution in [-0.2, 0) is 19.4 Å². The quantitative estimate of drug-likeness (QED) is 0.697. The molecule has 1 unspecified atom stereocenters. The van der Waals surface area contributed by atoms with E-state index < -0.39 is 9.84 Å². The highest BCUT2D eigenvalue weighted by Gasteiger charge is 2.35. The number of sulfone groups is 1. The molecule has 2 rings (SSSR count). The Labute approximate surface area is 120 Å². The molecule has 20 heavy (non-hydrogen) atoms. The number of nitrogens with one attached hydrogen (secondary N) is 1. The Morgan fingerprint density at radius 2 is 2.15 bits per heavy atom. The van der Waals surface area contributed by atoms with Crippen LogP contribution in [0.3, 0.4) is 0 Å². The van der Waals surface area contributed by atoms with E-state index in [4.69, 9.17) is 4.74 Å². The topological polar surface area (TPSA) is 75.7 Å². The molecule has 2 saturated heterocycles. The smallest absolute Gasteiger partial charge is 0.249 e. The van der Waals surface area contributed by atoms with E-state index in [1.54, 1.807) is 12.0 Å². The summed E-state index contributed by atoms with van der Waals surface area (Å²) in [5.41, 5.74) is 1.85. The fourth-order valence-corrected chi connectivity index (χ4v) is 4.27. The second-order valence-electron chi connectivity index (χ2n) is 5.38. The predicted octanol–water partition coefficient (Wildman–Crippen LogP) is -0.432. The third-order valence-electron chi connectivity index (χ3n) is 3.97. The molecule has 2 fully saturated rings.